The molecular weight excluding hydrogens is 204 g/mol. The lowest BCUT2D eigenvalue weighted by Crippen LogP contribution is -2.61. The number of nitrogens with zero attached hydrogens (tertiary/aromatic N) is 1. The molecule has 0 aliphatic carbocycles. The highest BCUT2D eigenvalue weighted by atomic mass is 16.5. The maximum atomic E-state index is 12.4. The lowest BCUT2D eigenvalue weighted by molar-refractivity contribution is -0.142. The van der Waals surface area contributed by atoms with Crippen molar-refractivity contribution in [1.29, 1.82) is 0 Å². The molecular formula is C12H22N2O2. The van der Waals surface area contributed by atoms with Crippen LogP contribution in [-0.4, -0.2) is 48.7 Å². The van der Waals surface area contributed by atoms with E-state index in [9.17, 15) is 4.79 Å². The van der Waals surface area contributed by atoms with E-state index >= 15 is 0 Å². The van der Waals surface area contributed by atoms with Crippen LogP contribution in [0.3, 0.4) is 0 Å². The summed E-state index contributed by atoms with van der Waals surface area (Å²) in [5, 5.41) is 3.33. The van der Waals surface area contributed by atoms with Gasteiger partial charge in [-0.3, -0.25) is 4.79 Å². The second-order valence-corrected chi connectivity index (χ2v) is 5.56. The fraction of sp³-hybridized carbons (Fsp3) is 0.917. The number of carbonyl (C=O) groups excluding carboxylic acids is 1. The molecule has 0 radical (unpaired) electrons. The second-order valence-electron chi connectivity index (χ2n) is 5.56. The number of rotatable bonds is 1. The lowest BCUT2D eigenvalue weighted by atomic mass is 9.96. The second kappa shape index (κ2) is 4.34. The zero-order valence-corrected chi connectivity index (χ0v) is 10.5. The topological polar surface area (TPSA) is 41.6 Å². The molecule has 4 heteroatoms. The van der Waals surface area contributed by atoms with Crippen molar-refractivity contribution < 1.29 is 9.53 Å². The Morgan fingerprint density at radius 2 is 2.25 bits per heavy atom. The summed E-state index contributed by atoms with van der Waals surface area (Å²) < 4.78 is 5.48. The van der Waals surface area contributed by atoms with E-state index in [0.29, 0.717) is 6.61 Å². The van der Waals surface area contributed by atoms with Gasteiger partial charge in [0.05, 0.1) is 18.6 Å². The number of ether oxygens (including phenoxy) is 1. The Morgan fingerprint density at radius 1 is 1.50 bits per heavy atom. The molecule has 2 heterocycles. The van der Waals surface area contributed by atoms with E-state index in [2.05, 4.69) is 19.2 Å². The summed E-state index contributed by atoms with van der Waals surface area (Å²) in [6.07, 6.45) is 1.11. The Morgan fingerprint density at radius 3 is 2.81 bits per heavy atom. The monoisotopic (exact) mass is 226 g/mol. The average Bonchev–Trinajstić information content (AvgIpc) is 2.63. The van der Waals surface area contributed by atoms with Crippen molar-refractivity contribution >= 4 is 5.91 Å². The first-order valence-electron chi connectivity index (χ1n) is 6.14. The summed E-state index contributed by atoms with van der Waals surface area (Å²) in [5.74, 6) is 0.350. The molecule has 2 atom stereocenters. The number of piperazine rings is 1. The van der Waals surface area contributed by atoms with Crippen LogP contribution in [0, 0.1) is 5.92 Å². The van der Waals surface area contributed by atoms with Crippen molar-refractivity contribution in [1.82, 2.24) is 10.2 Å². The molecule has 16 heavy (non-hydrogen) atoms. The first-order chi connectivity index (χ1) is 7.50. The van der Waals surface area contributed by atoms with Gasteiger partial charge in [-0.2, -0.15) is 0 Å². The van der Waals surface area contributed by atoms with Gasteiger partial charge in [0.25, 0.3) is 0 Å². The van der Waals surface area contributed by atoms with Gasteiger partial charge in [-0.05, 0) is 27.2 Å². The number of carbonyl (C=O) groups is 1. The number of hydrogen-bond donors (Lipinski definition) is 1. The minimum Gasteiger partial charge on any atom is -0.378 e. The molecule has 2 aliphatic heterocycles. The van der Waals surface area contributed by atoms with E-state index in [1.807, 2.05) is 11.8 Å². The highest BCUT2D eigenvalue weighted by Crippen LogP contribution is 2.25. The Hall–Kier alpha value is -0.610. The minimum atomic E-state index is -0.0683. The summed E-state index contributed by atoms with van der Waals surface area (Å²) in [4.78, 5) is 14.4. The van der Waals surface area contributed by atoms with Crippen LogP contribution in [0.2, 0.25) is 0 Å². The molecule has 92 valence electrons. The maximum absolute atomic E-state index is 12.4. The van der Waals surface area contributed by atoms with Crippen LogP contribution >= 0.6 is 0 Å². The van der Waals surface area contributed by atoms with E-state index in [-0.39, 0.29) is 23.5 Å². The fourth-order valence-corrected chi connectivity index (χ4v) is 2.60. The van der Waals surface area contributed by atoms with Crippen molar-refractivity contribution in [2.24, 2.45) is 5.92 Å². The predicted molar refractivity (Wildman–Crippen MR) is 62.2 cm³/mol. The van der Waals surface area contributed by atoms with Crippen molar-refractivity contribution in [3.05, 3.63) is 0 Å². The van der Waals surface area contributed by atoms with Crippen LogP contribution in [0.25, 0.3) is 0 Å². The fourth-order valence-electron chi connectivity index (χ4n) is 2.60. The largest absolute Gasteiger partial charge is 0.378 e. The molecule has 0 bridgehead atoms. The highest BCUT2D eigenvalue weighted by Gasteiger charge is 2.38. The molecule has 0 aromatic carbocycles. The van der Waals surface area contributed by atoms with Gasteiger partial charge in [-0.1, -0.05) is 0 Å². The van der Waals surface area contributed by atoms with Crippen LogP contribution in [0.5, 0.6) is 0 Å². The standard InChI is InChI=1S/C12H22N2O2/c1-9-6-10(7-16-9)11(15)14-5-4-13-8-12(14,2)3/h9-10,13H,4-8H2,1-3H3. The molecule has 2 aliphatic rings. The van der Waals surface area contributed by atoms with E-state index in [0.717, 1.165) is 26.1 Å². The van der Waals surface area contributed by atoms with Crippen molar-refractivity contribution in [2.75, 3.05) is 26.2 Å². The maximum Gasteiger partial charge on any atom is 0.228 e. The number of nitrogens with one attached hydrogen (secondary N) is 1. The molecule has 2 rings (SSSR count). The summed E-state index contributed by atoms with van der Waals surface area (Å²) in [5.41, 5.74) is -0.0683. The predicted octanol–water partition coefficient (Wildman–Crippen LogP) is 0.622. The molecule has 0 aromatic heterocycles. The summed E-state index contributed by atoms with van der Waals surface area (Å²) >= 11 is 0. The van der Waals surface area contributed by atoms with E-state index in [1.165, 1.54) is 0 Å². The summed E-state index contributed by atoms with van der Waals surface area (Å²) in [7, 11) is 0. The highest BCUT2D eigenvalue weighted by molar-refractivity contribution is 5.80. The van der Waals surface area contributed by atoms with E-state index in [4.69, 9.17) is 4.74 Å². The Balaban J connectivity index is 2.03. The van der Waals surface area contributed by atoms with E-state index in [1.54, 1.807) is 0 Å². The normalized spacial score (nSPS) is 34.1. The molecule has 2 saturated heterocycles. The van der Waals surface area contributed by atoms with Crippen LogP contribution in [0.1, 0.15) is 27.2 Å². The molecule has 4 nitrogen and oxygen atoms in total. The third-order valence-corrected chi connectivity index (χ3v) is 3.61. The number of amides is 1. The minimum absolute atomic E-state index is 0.0683. The smallest absolute Gasteiger partial charge is 0.228 e. The summed E-state index contributed by atoms with van der Waals surface area (Å²) in [6, 6.07) is 0. The van der Waals surface area contributed by atoms with Crippen molar-refractivity contribution in [3.63, 3.8) is 0 Å². The van der Waals surface area contributed by atoms with Gasteiger partial charge in [0.2, 0.25) is 5.91 Å². The molecule has 2 unspecified atom stereocenters. The Kier molecular flexibility index (Phi) is 3.22. The van der Waals surface area contributed by atoms with Crippen LogP contribution < -0.4 is 5.32 Å². The zero-order valence-electron chi connectivity index (χ0n) is 10.5. The summed E-state index contributed by atoms with van der Waals surface area (Å²) in [6.45, 7) is 9.47. The van der Waals surface area contributed by atoms with Gasteiger partial charge in [0, 0.05) is 25.2 Å². The number of hydrogen-bond acceptors (Lipinski definition) is 3. The van der Waals surface area contributed by atoms with Crippen molar-refractivity contribution in [2.45, 2.75) is 38.8 Å². The van der Waals surface area contributed by atoms with Gasteiger partial charge in [0.1, 0.15) is 0 Å². The first kappa shape index (κ1) is 11.9. The Labute approximate surface area is 97.3 Å². The molecule has 0 aromatic rings. The lowest BCUT2D eigenvalue weighted by Gasteiger charge is -2.43. The quantitative estimate of drug-likeness (QED) is 0.713. The van der Waals surface area contributed by atoms with Gasteiger partial charge in [-0.25, -0.2) is 0 Å². The third-order valence-electron chi connectivity index (χ3n) is 3.61. The molecule has 0 spiro atoms. The van der Waals surface area contributed by atoms with Crippen molar-refractivity contribution in [3.8, 4) is 0 Å². The Bertz CT molecular complexity index is 278. The molecule has 1 N–H and O–H groups in total. The van der Waals surface area contributed by atoms with Crippen LogP contribution in [0.15, 0.2) is 0 Å². The zero-order chi connectivity index (χ0) is 11.8. The van der Waals surface area contributed by atoms with Gasteiger partial charge in [-0.15, -0.1) is 0 Å². The van der Waals surface area contributed by atoms with E-state index < -0.39 is 0 Å². The van der Waals surface area contributed by atoms with Gasteiger partial charge < -0.3 is 15.0 Å². The van der Waals surface area contributed by atoms with Gasteiger partial charge >= 0.3 is 0 Å². The molecule has 0 saturated carbocycles. The third kappa shape index (κ3) is 2.23. The molecule has 2 fully saturated rings. The average molecular weight is 226 g/mol. The van der Waals surface area contributed by atoms with Crippen LogP contribution in [0.4, 0.5) is 0 Å². The first-order valence-corrected chi connectivity index (χ1v) is 6.14. The van der Waals surface area contributed by atoms with Gasteiger partial charge in [0.15, 0.2) is 0 Å². The SMILES string of the molecule is CC1CC(C(=O)N2CCNCC2(C)C)CO1. The van der Waals surface area contributed by atoms with Crippen LogP contribution in [-0.2, 0) is 9.53 Å². The molecule has 1 amide bonds.